The van der Waals surface area contributed by atoms with Gasteiger partial charge in [-0.15, -0.1) is 0 Å². The first-order valence-corrected chi connectivity index (χ1v) is 8.24. The maximum Gasteiger partial charge on any atom is 0.258 e. The first-order valence-electron chi connectivity index (χ1n) is 7.86. The van der Waals surface area contributed by atoms with Gasteiger partial charge in [0.25, 0.3) is 11.5 Å². The molecule has 3 aromatic rings. The Bertz CT molecular complexity index is 967. The second-order valence-corrected chi connectivity index (χ2v) is 6.31. The number of hydrogen-bond acceptors (Lipinski definition) is 4. The SMILES string of the molecule is CC(C)N(Cc1nc2ccccc2c(=O)[nH]1)C(=O)c1ccc(Cl)nc1. The molecule has 0 atom stereocenters. The lowest BCUT2D eigenvalue weighted by molar-refractivity contribution is 0.0684. The number of benzene rings is 1. The van der Waals surface area contributed by atoms with Gasteiger partial charge in [-0.25, -0.2) is 9.97 Å². The van der Waals surface area contributed by atoms with Crippen LogP contribution in [-0.2, 0) is 6.54 Å². The number of carbonyl (C=O) groups is 1. The van der Waals surface area contributed by atoms with Crippen molar-refractivity contribution in [1.29, 1.82) is 0 Å². The van der Waals surface area contributed by atoms with Crippen molar-refractivity contribution < 1.29 is 4.79 Å². The lowest BCUT2D eigenvalue weighted by atomic mass is 10.2. The molecule has 1 N–H and O–H groups in total. The lowest BCUT2D eigenvalue weighted by Gasteiger charge is -2.26. The van der Waals surface area contributed by atoms with Gasteiger partial charge in [-0.1, -0.05) is 23.7 Å². The number of para-hydroxylation sites is 1. The second-order valence-electron chi connectivity index (χ2n) is 5.93. The summed E-state index contributed by atoms with van der Waals surface area (Å²) in [4.78, 5) is 37.8. The second kappa shape index (κ2) is 7.03. The van der Waals surface area contributed by atoms with Crippen molar-refractivity contribution in [1.82, 2.24) is 19.9 Å². The zero-order valence-electron chi connectivity index (χ0n) is 13.9. The minimum Gasteiger partial charge on any atom is -0.329 e. The Labute approximate surface area is 149 Å². The quantitative estimate of drug-likeness (QED) is 0.729. The van der Waals surface area contributed by atoms with Gasteiger partial charge in [0.2, 0.25) is 0 Å². The fourth-order valence-electron chi connectivity index (χ4n) is 2.53. The molecule has 3 rings (SSSR count). The van der Waals surface area contributed by atoms with Gasteiger partial charge in [0.15, 0.2) is 0 Å². The fourth-order valence-corrected chi connectivity index (χ4v) is 2.64. The van der Waals surface area contributed by atoms with E-state index in [1.165, 1.54) is 6.20 Å². The molecule has 128 valence electrons. The van der Waals surface area contributed by atoms with Crippen LogP contribution in [0.1, 0.15) is 30.0 Å². The Morgan fingerprint density at radius 2 is 2.00 bits per heavy atom. The Morgan fingerprint density at radius 3 is 2.68 bits per heavy atom. The minimum absolute atomic E-state index is 0.0834. The molecule has 0 saturated heterocycles. The van der Waals surface area contributed by atoms with Crippen LogP contribution in [0.4, 0.5) is 0 Å². The van der Waals surface area contributed by atoms with Gasteiger partial charge in [0.1, 0.15) is 11.0 Å². The zero-order valence-corrected chi connectivity index (χ0v) is 14.6. The van der Waals surface area contributed by atoms with Crippen LogP contribution >= 0.6 is 11.6 Å². The molecular weight excluding hydrogens is 340 g/mol. The average molecular weight is 357 g/mol. The molecule has 6 nitrogen and oxygen atoms in total. The first kappa shape index (κ1) is 17.1. The minimum atomic E-state index is -0.218. The van der Waals surface area contributed by atoms with E-state index in [4.69, 9.17) is 11.6 Å². The summed E-state index contributed by atoms with van der Waals surface area (Å²) in [7, 11) is 0. The highest BCUT2D eigenvalue weighted by Gasteiger charge is 2.20. The largest absolute Gasteiger partial charge is 0.329 e. The molecule has 0 fully saturated rings. The van der Waals surface area contributed by atoms with E-state index in [1.807, 2.05) is 19.9 Å². The van der Waals surface area contributed by atoms with E-state index in [0.29, 0.717) is 27.4 Å². The van der Waals surface area contributed by atoms with Crippen LogP contribution in [0.3, 0.4) is 0 Å². The number of aromatic nitrogens is 3. The molecule has 0 unspecified atom stereocenters. The number of hydrogen-bond donors (Lipinski definition) is 1. The predicted octanol–water partition coefficient (Wildman–Crippen LogP) is 3.02. The number of pyridine rings is 1. The maximum absolute atomic E-state index is 12.8. The van der Waals surface area contributed by atoms with Gasteiger partial charge in [-0.2, -0.15) is 0 Å². The Kier molecular flexibility index (Phi) is 4.81. The van der Waals surface area contributed by atoms with Gasteiger partial charge in [-0.3, -0.25) is 9.59 Å². The van der Waals surface area contributed by atoms with Crippen LogP contribution in [0.5, 0.6) is 0 Å². The summed E-state index contributed by atoms with van der Waals surface area (Å²) in [6.07, 6.45) is 1.44. The van der Waals surface area contributed by atoms with E-state index in [9.17, 15) is 9.59 Å². The number of H-pyrrole nitrogens is 1. The number of halogens is 1. The molecule has 0 aliphatic heterocycles. The van der Waals surface area contributed by atoms with E-state index >= 15 is 0 Å². The summed E-state index contributed by atoms with van der Waals surface area (Å²) in [5, 5.41) is 0.851. The average Bonchev–Trinajstić information content (AvgIpc) is 2.59. The molecule has 1 amide bonds. The standard InChI is InChI=1S/C18H17ClN4O2/c1-11(2)23(18(25)12-7-8-15(19)20-9-12)10-16-21-14-6-4-3-5-13(14)17(24)22-16/h3-9,11H,10H2,1-2H3,(H,21,22,24). The van der Waals surface area contributed by atoms with E-state index < -0.39 is 0 Å². The Morgan fingerprint density at radius 1 is 1.24 bits per heavy atom. The Hall–Kier alpha value is -2.73. The van der Waals surface area contributed by atoms with Crippen molar-refractivity contribution in [2.24, 2.45) is 0 Å². The molecule has 0 aliphatic rings. The monoisotopic (exact) mass is 356 g/mol. The van der Waals surface area contributed by atoms with Gasteiger partial charge in [-0.05, 0) is 38.1 Å². The van der Waals surface area contributed by atoms with Crippen molar-refractivity contribution >= 4 is 28.4 Å². The van der Waals surface area contributed by atoms with Gasteiger partial charge in [0.05, 0.1) is 23.0 Å². The third-order valence-electron chi connectivity index (χ3n) is 3.84. The van der Waals surface area contributed by atoms with E-state index in [1.54, 1.807) is 35.2 Å². The number of amides is 1. The summed E-state index contributed by atoms with van der Waals surface area (Å²) in [6.45, 7) is 4.00. The number of nitrogens with zero attached hydrogens (tertiary/aromatic N) is 3. The first-order chi connectivity index (χ1) is 12.0. The molecule has 0 saturated carbocycles. The van der Waals surface area contributed by atoms with Crippen LogP contribution < -0.4 is 5.56 Å². The van der Waals surface area contributed by atoms with Crippen molar-refractivity contribution in [3.8, 4) is 0 Å². The van der Waals surface area contributed by atoms with Crippen LogP contribution in [-0.4, -0.2) is 31.8 Å². The van der Waals surface area contributed by atoms with Crippen molar-refractivity contribution in [3.63, 3.8) is 0 Å². The normalized spacial score (nSPS) is 11.0. The van der Waals surface area contributed by atoms with Crippen LogP contribution in [0.25, 0.3) is 10.9 Å². The smallest absolute Gasteiger partial charge is 0.258 e. The fraction of sp³-hybridized carbons (Fsp3) is 0.222. The third kappa shape index (κ3) is 3.69. The summed E-state index contributed by atoms with van der Waals surface area (Å²) >= 11 is 5.78. The predicted molar refractivity (Wildman–Crippen MR) is 96.6 cm³/mol. The van der Waals surface area contributed by atoms with Gasteiger partial charge < -0.3 is 9.88 Å². The van der Waals surface area contributed by atoms with E-state index in [0.717, 1.165) is 0 Å². The zero-order chi connectivity index (χ0) is 18.0. The Balaban J connectivity index is 1.93. The number of carbonyl (C=O) groups excluding carboxylic acids is 1. The van der Waals surface area contributed by atoms with Crippen molar-refractivity contribution in [2.75, 3.05) is 0 Å². The van der Waals surface area contributed by atoms with Gasteiger partial charge in [0, 0.05) is 12.2 Å². The highest BCUT2D eigenvalue weighted by atomic mass is 35.5. The van der Waals surface area contributed by atoms with E-state index in [2.05, 4.69) is 15.0 Å². The number of nitrogens with one attached hydrogen (secondary N) is 1. The highest BCUT2D eigenvalue weighted by Crippen LogP contribution is 2.14. The van der Waals surface area contributed by atoms with Crippen LogP contribution in [0.15, 0.2) is 47.4 Å². The molecule has 0 aliphatic carbocycles. The molecule has 2 heterocycles. The number of aromatic amines is 1. The molecule has 0 bridgehead atoms. The number of rotatable bonds is 4. The third-order valence-corrected chi connectivity index (χ3v) is 4.06. The summed E-state index contributed by atoms with van der Waals surface area (Å²) in [6, 6.07) is 10.2. The highest BCUT2D eigenvalue weighted by molar-refractivity contribution is 6.29. The molecule has 2 aromatic heterocycles. The number of fused-ring (bicyclic) bond motifs is 1. The van der Waals surface area contributed by atoms with Crippen LogP contribution in [0, 0.1) is 0 Å². The molecule has 0 radical (unpaired) electrons. The summed E-state index contributed by atoms with van der Waals surface area (Å²) < 4.78 is 0. The lowest BCUT2D eigenvalue weighted by Crippen LogP contribution is -2.37. The van der Waals surface area contributed by atoms with E-state index in [-0.39, 0.29) is 24.1 Å². The maximum atomic E-state index is 12.8. The molecular formula is C18H17ClN4O2. The molecule has 7 heteroatoms. The molecule has 0 spiro atoms. The van der Waals surface area contributed by atoms with Crippen molar-refractivity contribution in [2.45, 2.75) is 26.4 Å². The van der Waals surface area contributed by atoms with Crippen molar-refractivity contribution in [3.05, 3.63) is 69.5 Å². The summed E-state index contributed by atoms with van der Waals surface area (Å²) in [5.74, 6) is 0.239. The topological polar surface area (TPSA) is 79.0 Å². The van der Waals surface area contributed by atoms with Gasteiger partial charge >= 0.3 is 0 Å². The molecule has 25 heavy (non-hydrogen) atoms. The van der Waals surface area contributed by atoms with Crippen LogP contribution in [0.2, 0.25) is 5.15 Å². The summed E-state index contributed by atoms with van der Waals surface area (Å²) in [5.41, 5.74) is 0.816. The molecule has 1 aromatic carbocycles.